The van der Waals surface area contributed by atoms with Crippen molar-refractivity contribution in [3.8, 4) is 0 Å². The molecule has 2 unspecified atom stereocenters. The van der Waals surface area contributed by atoms with Gasteiger partial charge in [-0.15, -0.1) is 24.0 Å². The molecule has 0 bridgehead atoms. The maximum Gasteiger partial charge on any atom is 0.191 e. The fourth-order valence-electron chi connectivity index (χ4n) is 2.84. The molecule has 0 radical (unpaired) electrons. The maximum absolute atomic E-state index is 13.8. The van der Waals surface area contributed by atoms with Gasteiger partial charge < -0.3 is 15.4 Å². The van der Waals surface area contributed by atoms with Crippen LogP contribution >= 0.6 is 24.0 Å². The number of rotatable bonds is 6. The molecule has 0 aromatic heterocycles. The summed E-state index contributed by atoms with van der Waals surface area (Å²) in [7, 11) is 0. The lowest BCUT2D eigenvalue weighted by Gasteiger charge is -2.31. The van der Waals surface area contributed by atoms with Crippen LogP contribution in [-0.4, -0.2) is 56.3 Å². The summed E-state index contributed by atoms with van der Waals surface area (Å²) >= 11 is 0. The molecule has 5 nitrogen and oxygen atoms in total. The number of nitrogens with one attached hydrogen (secondary N) is 2. The highest BCUT2D eigenvalue weighted by Gasteiger charge is 2.17. The average molecular weight is 478 g/mol. The number of guanidine groups is 1. The first-order chi connectivity index (χ1) is 12.0. The minimum atomic E-state index is -0.172. The molecule has 148 valence electrons. The van der Waals surface area contributed by atoms with E-state index < -0.39 is 0 Å². The Bertz CT molecular complexity index is 579. The van der Waals surface area contributed by atoms with Gasteiger partial charge >= 0.3 is 0 Å². The Kier molecular flexibility index (Phi) is 10.4. The number of aliphatic imine (C=N–C) groups is 1. The van der Waals surface area contributed by atoms with Crippen molar-refractivity contribution in [3.05, 3.63) is 35.1 Å². The highest BCUT2D eigenvalue weighted by atomic mass is 127. The molecule has 0 spiro atoms. The van der Waals surface area contributed by atoms with Crippen molar-refractivity contribution in [2.45, 2.75) is 39.8 Å². The van der Waals surface area contributed by atoms with Crippen LogP contribution in [0.4, 0.5) is 4.39 Å². The van der Waals surface area contributed by atoms with Crippen LogP contribution in [0, 0.1) is 12.7 Å². The van der Waals surface area contributed by atoms with E-state index in [4.69, 9.17) is 9.73 Å². The lowest BCUT2D eigenvalue weighted by molar-refractivity contribution is 0.0220. The predicted molar refractivity (Wildman–Crippen MR) is 116 cm³/mol. The average Bonchev–Trinajstić information content (AvgIpc) is 2.62. The Balaban J connectivity index is 0.00000338. The van der Waals surface area contributed by atoms with Crippen molar-refractivity contribution >= 4 is 29.9 Å². The van der Waals surface area contributed by atoms with Gasteiger partial charge in [-0.1, -0.05) is 12.1 Å². The molecule has 1 fully saturated rings. The summed E-state index contributed by atoms with van der Waals surface area (Å²) < 4.78 is 19.2. The van der Waals surface area contributed by atoms with Gasteiger partial charge in [-0.05, 0) is 44.9 Å². The van der Waals surface area contributed by atoms with E-state index in [1.807, 2.05) is 26.0 Å². The summed E-state index contributed by atoms with van der Waals surface area (Å²) in [5, 5.41) is 6.64. The summed E-state index contributed by atoms with van der Waals surface area (Å²) in [6.45, 7) is 13.0. The number of halogens is 2. The molecule has 26 heavy (non-hydrogen) atoms. The van der Waals surface area contributed by atoms with Gasteiger partial charge in [0, 0.05) is 25.7 Å². The molecule has 7 heteroatoms. The molecule has 1 aliphatic heterocycles. The van der Waals surface area contributed by atoms with Crippen LogP contribution in [0.2, 0.25) is 0 Å². The van der Waals surface area contributed by atoms with Gasteiger partial charge in [-0.25, -0.2) is 4.39 Å². The van der Waals surface area contributed by atoms with Gasteiger partial charge in [0.05, 0.1) is 25.8 Å². The Morgan fingerprint density at radius 3 is 2.62 bits per heavy atom. The number of hydrogen-bond donors (Lipinski definition) is 2. The summed E-state index contributed by atoms with van der Waals surface area (Å²) in [5.74, 6) is 0.588. The molecular formula is C19H32FIN4O. The van der Waals surface area contributed by atoms with Crippen LogP contribution in [0.5, 0.6) is 0 Å². The molecule has 2 rings (SSSR count). The molecule has 1 aliphatic rings. The lowest BCUT2D eigenvalue weighted by Crippen LogP contribution is -2.44. The van der Waals surface area contributed by atoms with E-state index in [2.05, 4.69) is 22.5 Å². The minimum absolute atomic E-state index is 0. The van der Waals surface area contributed by atoms with Gasteiger partial charge in [0.1, 0.15) is 5.82 Å². The number of nitrogens with zero attached hydrogens (tertiary/aromatic N) is 2. The third kappa shape index (κ3) is 7.00. The van der Waals surface area contributed by atoms with Gasteiger partial charge in [0.2, 0.25) is 0 Å². The summed E-state index contributed by atoms with van der Waals surface area (Å²) in [6.07, 6.45) is 0. The number of morpholine rings is 1. The Morgan fingerprint density at radius 2 is 2.00 bits per heavy atom. The van der Waals surface area contributed by atoms with Crippen LogP contribution in [0.15, 0.2) is 23.2 Å². The first-order valence-electron chi connectivity index (χ1n) is 9.14. The maximum atomic E-state index is 13.8. The third-order valence-electron chi connectivity index (χ3n) is 4.58. The molecule has 1 aromatic rings. The molecule has 1 aromatic carbocycles. The van der Waals surface area contributed by atoms with Gasteiger partial charge in [-0.3, -0.25) is 9.89 Å². The molecule has 2 atom stereocenters. The van der Waals surface area contributed by atoms with E-state index in [1.54, 1.807) is 13.0 Å². The van der Waals surface area contributed by atoms with E-state index in [1.165, 1.54) is 0 Å². The van der Waals surface area contributed by atoms with Crippen LogP contribution in [0.3, 0.4) is 0 Å². The predicted octanol–water partition coefficient (Wildman–Crippen LogP) is 3.09. The SMILES string of the molecule is CCNC(=NCC(C)N1CCOCC1)NC(C)c1ccc(C)c(F)c1.I. The molecule has 0 saturated carbocycles. The topological polar surface area (TPSA) is 48.9 Å². The zero-order valence-corrected chi connectivity index (χ0v) is 18.5. The molecule has 2 N–H and O–H groups in total. The number of hydrogen-bond acceptors (Lipinski definition) is 3. The quantitative estimate of drug-likeness (QED) is 0.375. The molecule has 1 saturated heterocycles. The van der Waals surface area contributed by atoms with Crippen molar-refractivity contribution < 1.29 is 9.13 Å². The fraction of sp³-hybridized carbons (Fsp3) is 0.632. The Hall–Kier alpha value is -0.930. The van der Waals surface area contributed by atoms with E-state index in [0.717, 1.165) is 44.4 Å². The molecular weight excluding hydrogens is 446 g/mol. The molecule has 0 amide bonds. The zero-order chi connectivity index (χ0) is 18.2. The largest absolute Gasteiger partial charge is 0.379 e. The van der Waals surface area contributed by atoms with E-state index >= 15 is 0 Å². The number of aryl methyl sites for hydroxylation is 1. The summed E-state index contributed by atoms with van der Waals surface area (Å²) in [5.41, 5.74) is 1.57. The molecule has 0 aliphatic carbocycles. The van der Waals surface area contributed by atoms with Crippen LogP contribution in [0.25, 0.3) is 0 Å². The third-order valence-corrected chi connectivity index (χ3v) is 4.58. The van der Waals surface area contributed by atoms with Crippen molar-refractivity contribution in [2.75, 3.05) is 39.4 Å². The smallest absolute Gasteiger partial charge is 0.191 e. The van der Waals surface area contributed by atoms with Crippen LogP contribution in [0.1, 0.15) is 37.9 Å². The second kappa shape index (κ2) is 11.7. The van der Waals surface area contributed by atoms with Crippen molar-refractivity contribution in [3.63, 3.8) is 0 Å². The lowest BCUT2D eigenvalue weighted by atomic mass is 10.1. The van der Waals surface area contributed by atoms with Crippen molar-refractivity contribution in [2.24, 2.45) is 4.99 Å². The second-order valence-electron chi connectivity index (χ2n) is 6.59. The fourth-order valence-corrected chi connectivity index (χ4v) is 2.84. The van der Waals surface area contributed by atoms with Gasteiger partial charge in [-0.2, -0.15) is 0 Å². The standard InChI is InChI=1S/C19H31FN4O.HI/c1-5-21-19(22-13-15(3)24-8-10-25-11-9-24)23-16(4)17-7-6-14(2)18(20)12-17;/h6-7,12,15-16H,5,8-11,13H2,1-4H3,(H2,21,22,23);1H. The van der Waals surface area contributed by atoms with Crippen molar-refractivity contribution in [1.29, 1.82) is 0 Å². The Morgan fingerprint density at radius 1 is 1.31 bits per heavy atom. The van der Waals surface area contributed by atoms with Gasteiger partial charge in [0.15, 0.2) is 5.96 Å². The minimum Gasteiger partial charge on any atom is -0.379 e. The van der Waals surface area contributed by atoms with E-state index in [-0.39, 0.29) is 35.8 Å². The first-order valence-corrected chi connectivity index (χ1v) is 9.14. The monoisotopic (exact) mass is 478 g/mol. The number of benzene rings is 1. The highest BCUT2D eigenvalue weighted by molar-refractivity contribution is 14.0. The normalized spacial score (nSPS) is 18.0. The van der Waals surface area contributed by atoms with Gasteiger partial charge in [0.25, 0.3) is 0 Å². The van der Waals surface area contributed by atoms with Crippen LogP contribution in [-0.2, 0) is 4.74 Å². The highest BCUT2D eigenvalue weighted by Crippen LogP contribution is 2.16. The zero-order valence-electron chi connectivity index (χ0n) is 16.2. The summed E-state index contributed by atoms with van der Waals surface area (Å²) in [6, 6.07) is 5.70. The van der Waals surface area contributed by atoms with E-state index in [9.17, 15) is 4.39 Å². The number of ether oxygens (including phenoxy) is 1. The van der Waals surface area contributed by atoms with Crippen molar-refractivity contribution in [1.82, 2.24) is 15.5 Å². The second-order valence-corrected chi connectivity index (χ2v) is 6.59. The van der Waals surface area contributed by atoms with E-state index in [0.29, 0.717) is 18.2 Å². The Labute approximate surface area is 173 Å². The van der Waals surface area contributed by atoms with Crippen LogP contribution < -0.4 is 10.6 Å². The first kappa shape index (κ1) is 23.1. The molecule has 1 heterocycles. The summed E-state index contributed by atoms with van der Waals surface area (Å²) in [4.78, 5) is 7.11.